The molecule has 0 aliphatic rings. The van der Waals surface area contributed by atoms with E-state index in [2.05, 4.69) is 10.6 Å². The highest BCUT2D eigenvalue weighted by Gasteiger charge is 2.18. The lowest BCUT2D eigenvalue weighted by Crippen LogP contribution is -2.43. The summed E-state index contributed by atoms with van der Waals surface area (Å²) in [5, 5.41) is 5.27. The molecule has 35 heavy (non-hydrogen) atoms. The molecule has 0 spiro atoms. The molecule has 2 N–H and O–H groups in total. The fraction of sp³-hybridized carbons (Fsp3) is 0.222. The lowest BCUT2D eigenvalue weighted by Gasteiger charge is -2.22. The van der Waals surface area contributed by atoms with E-state index in [1.54, 1.807) is 31.4 Å². The zero-order valence-corrected chi connectivity index (χ0v) is 19.6. The van der Waals surface area contributed by atoms with Crippen molar-refractivity contribution in [2.24, 2.45) is 0 Å². The zero-order valence-electron chi connectivity index (χ0n) is 19.6. The van der Waals surface area contributed by atoms with Crippen LogP contribution >= 0.6 is 0 Å². The number of benzene rings is 3. The van der Waals surface area contributed by atoms with E-state index in [1.807, 2.05) is 60.7 Å². The molecule has 3 aromatic rings. The first-order valence-corrected chi connectivity index (χ1v) is 11.2. The van der Waals surface area contributed by atoms with Gasteiger partial charge in [0.05, 0.1) is 26.8 Å². The Hall–Kier alpha value is -4.17. The molecule has 3 rings (SSSR count). The molecule has 182 valence electrons. The van der Waals surface area contributed by atoms with Gasteiger partial charge in [0.25, 0.3) is 0 Å². The van der Waals surface area contributed by atoms with Gasteiger partial charge < -0.3 is 25.0 Å². The summed E-state index contributed by atoms with van der Waals surface area (Å²) in [6, 6.07) is 25.8. The molecule has 0 atom stereocenters. The van der Waals surface area contributed by atoms with Crippen molar-refractivity contribution in [1.82, 2.24) is 10.2 Å². The summed E-state index contributed by atoms with van der Waals surface area (Å²) >= 11 is 0. The molecule has 3 aromatic carbocycles. The predicted molar refractivity (Wildman–Crippen MR) is 133 cm³/mol. The van der Waals surface area contributed by atoms with E-state index in [4.69, 9.17) is 9.47 Å². The number of amides is 3. The van der Waals surface area contributed by atoms with Gasteiger partial charge in [-0.1, -0.05) is 60.7 Å². The van der Waals surface area contributed by atoms with Gasteiger partial charge >= 0.3 is 0 Å². The molecule has 0 fully saturated rings. The standard InChI is InChI=1S/C27H29N3O5/c1-34-24-14-12-23(13-15-24)29-25(31)16-28-26(32)18-30(17-21-8-4-2-5-9-21)27(33)20-35-19-22-10-6-3-7-11-22/h2-15H,16-20H2,1H3,(H,28,32)(H,29,31). The average Bonchev–Trinajstić information content (AvgIpc) is 2.89. The number of hydrogen-bond donors (Lipinski definition) is 2. The number of hydrogen-bond acceptors (Lipinski definition) is 5. The summed E-state index contributed by atoms with van der Waals surface area (Å²) < 4.78 is 10.7. The lowest BCUT2D eigenvalue weighted by atomic mass is 10.2. The molecular formula is C27H29N3O5. The smallest absolute Gasteiger partial charge is 0.249 e. The Morgan fingerprint density at radius 2 is 1.43 bits per heavy atom. The molecule has 0 aromatic heterocycles. The fourth-order valence-corrected chi connectivity index (χ4v) is 3.25. The van der Waals surface area contributed by atoms with E-state index in [0.717, 1.165) is 11.1 Å². The number of carbonyl (C=O) groups is 3. The second kappa shape index (κ2) is 13.5. The Balaban J connectivity index is 1.51. The minimum atomic E-state index is -0.442. The molecule has 0 bridgehead atoms. The van der Waals surface area contributed by atoms with Crippen LogP contribution in [0.5, 0.6) is 5.75 Å². The van der Waals surface area contributed by atoms with Crippen molar-refractivity contribution in [2.45, 2.75) is 13.2 Å². The molecule has 0 heterocycles. The van der Waals surface area contributed by atoms with E-state index < -0.39 is 5.91 Å². The van der Waals surface area contributed by atoms with Gasteiger partial charge in [0.1, 0.15) is 12.4 Å². The lowest BCUT2D eigenvalue weighted by molar-refractivity contribution is -0.141. The minimum absolute atomic E-state index is 0.160. The molecule has 0 saturated heterocycles. The summed E-state index contributed by atoms with van der Waals surface area (Å²) in [7, 11) is 1.56. The van der Waals surface area contributed by atoms with Gasteiger partial charge in [0, 0.05) is 12.2 Å². The Morgan fingerprint density at radius 1 is 0.800 bits per heavy atom. The maximum atomic E-state index is 12.8. The number of anilines is 1. The number of ether oxygens (including phenoxy) is 2. The Morgan fingerprint density at radius 3 is 2.06 bits per heavy atom. The van der Waals surface area contributed by atoms with Gasteiger partial charge in [-0.25, -0.2) is 0 Å². The third-order valence-electron chi connectivity index (χ3n) is 5.06. The van der Waals surface area contributed by atoms with Gasteiger partial charge in [-0.2, -0.15) is 0 Å². The van der Waals surface area contributed by atoms with E-state index >= 15 is 0 Å². The summed E-state index contributed by atoms with van der Waals surface area (Å²) in [5.41, 5.74) is 2.42. The van der Waals surface area contributed by atoms with Crippen LogP contribution in [0.1, 0.15) is 11.1 Å². The maximum absolute atomic E-state index is 12.8. The molecule has 0 unspecified atom stereocenters. The van der Waals surface area contributed by atoms with Crippen LogP contribution in [0.15, 0.2) is 84.9 Å². The number of nitrogens with zero attached hydrogens (tertiary/aromatic N) is 1. The highest BCUT2D eigenvalue weighted by molar-refractivity contribution is 5.95. The van der Waals surface area contributed by atoms with Crippen LogP contribution in [-0.4, -0.2) is 49.4 Å². The third kappa shape index (κ3) is 8.94. The number of rotatable bonds is 12. The molecule has 0 saturated carbocycles. The van der Waals surface area contributed by atoms with E-state index in [9.17, 15) is 14.4 Å². The monoisotopic (exact) mass is 475 g/mol. The van der Waals surface area contributed by atoms with E-state index in [1.165, 1.54) is 4.90 Å². The molecule has 8 heteroatoms. The fourth-order valence-electron chi connectivity index (χ4n) is 3.25. The Bertz CT molecular complexity index is 1090. The molecule has 0 radical (unpaired) electrons. The molecule has 0 aliphatic heterocycles. The van der Waals surface area contributed by atoms with Crippen LogP contribution in [0.25, 0.3) is 0 Å². The molecular weight excluding hydrogens is 446 g/mol. The summed E-state index contributed by atoms with van der Waals surface area (Å²) in [5.74, 6) is -0.465. The van der Waals surface area contributed by atoms with Crippen LogP contribution in [0.2, 0.25) is 0 Å². The summed E-state index contributed by atoms with van der Waals surface area (Å²) in [4.78, 5) is 39.0. The number of nitrogens with one attached hydrogen (secondary N) is 2. The van der Waals surface area contributed by atoms with Crippen molar-refractivity contribution in [1.29, 1.82) is 0 Å². The van der Waals surface area contributed by atoms with Gasteiger partial charge in [0.15, 0.2) is 0 Å². The first kappa shape index (κ1) is 25.5. The van der Waals surface area contributed by atoms with Crippen LogP contribution in [-0.2, 0) is 32.3 Å². The van der Waals surface area contributed by atoms with Gasteiger partial charge in [0.2, 0.25) is 17.7 Å². The maximum Gasteiger partial charge on any atom is 0.249 e. The van der Waals surface area contributed by atoms with Gasteiger partial charge in [-0.15, -0.1) is 0 Å². The predicted octanol–water partition coefficient (Wildman–Crippen LogP) is 3.00. The van der Waals surface area contributed by atoms with Crippen LogP contribution < -0.4 is 15.4 Å². The van der Waals surface area contributed by atoms with Crippen molar-refractivity contribution in [3.05, 3.63) is 96.1 Å². The van der Waals surface area contributed by atoms with Crippen molar-refractivity contribution < 1.29 is 23.9 Å². The van der Waals surface area contributed by atoms with Crippen molar-refractivity contribution >= 4 is 23.4 Å². The summed E-state index contributed by atoms with van der Waals surface area (Å²) in [6.45, 7) is -0.0305. The van der Waals surface area contributed by atoms with Crippen LogP contribution in [0.4, 0.5) is 5.69 Å². The van der Waals surface area contributed by atoms with Crippen LogP contribution in [0.3, 0.4) is 0 Å². The summed E-state index contributed by atoms with van der Waals surface area (Å²) in [6.07, 6.45) is 0. The van der Waals surface area contributed by atoms with E-state index in [-0.39, 0.29) is 38.1 Å². The quantitative estimate of drug-likeness (QED) is 0.420. The first-order valence-electron chi connectivity index (χ1n) is 11.2. The highest BCUT2D eigenvalue weighted by Crippen LogP contribution is 2.14. The molecule has 0 aliphatic carbocycles. The largest absolute Gasteiger partial charge is 0.497 e. The molecule has 3 amide bonds. The average molecular weight is 476 g/mol. The number of carbonyl (C=O) groups excluding carboxylic acids is 3. The van der Waals surface area contributed by atoms with Crippen molar-refractivity contribution in [2.75, 3.05) is 32.1 Å². The molecule has 8 nitrogen and oxygen atoms in total. The third-order valence-corrected chi connectivity index (χ3v) is 5.06. The number of methoxy groups -OCH3 is 1. The topological polar surface area (TPSA) is 97.0 Å². The Kier molecular flexibility index (Phi) is 9.83. The Labute approximate surface area is 204 Å². The van der Waals surface area contributed by atoms with Gasteiger partial charge in [-0.05, 0) is 35.4 Å². The zero-order chi connectivity index (χ0) is 24.9. The first-order chi connectivity index (χ1) is 17.0. The second-order valence-electron chi connectivity index (χ2n) is 7.77. The van der Waals surface area contributed by atoms with Crippen molar-refractivity contribution in [3.63, 3.8) is 0 Å². The SMILES string of the molecule is COc1ccc(NC(=O)CNC(=O)CN(Cc2ccccc2)C(=O)COCc2ccccc2)cc1. The van der Waals surface area contributed by atoms with Crippen LogP contribution in [0, 0.1) is 0 Å². The second-order valence-corrected chi connectivity index (χ2v) is 7.77. The normalized spacial score (nSPS) is 10.3. The van der Waals surface area contributed by atoms with Crippen molar-refractivity contribution in [3.8, 4) is 5.75 Å². The minimum Gasteiger partial charge on any atom is -0.497 e. The van der Waals surface area contributed by atoms with E-state index in [0.29, 0.717) is 18.0 Å². The van der Waals surface area contributed by atoms with Gasteiger partial charge in [-0.3, -0.25) is 14.4 Å². The highest BCUT2D eigenvalue weighted by atomic mass is 16.5.